The van der Waals surface area contributed by atoms with E-state index in [4.69, 9.17) is 15.0 Å². The van der Waals surface area contributed by atoms with Crippen molar-refractivity contribution in [2.24, 2.45) is 5.73 Å². The largest absolute Gasteiger partial charge is 0.370 e. The number of imidazole rings is 1. The van der Waals surface area contributed by atoms with Gasteiger partial charge in [0.25, 0.3) is 5.89 Å². The number of H-pyrrole nitrogens is 1. The van der Waals surface area contributed by atoms with Crippen molar-refractivity contribution in [2.45, 2.75) is 12.5 Å². The van der Waals surface area contributed by atoms with Gasteiger partial charge in [0.2, 0.25) is 0 Å². The number of para-hydroxylation sites is 2. The molecule has 0 fully saturated rings. The Labute approximate surface area is 115 Å². The minimum atomic E-state index is -0.369. The Morgan fingerprint density at radius 3 is 2.95 bits per heavy atom. The van der Waals surface area contributed by atoms with Crippen LogP contribution in [0.3, 0.4) is 0 Å². The van der Waals surface area contributed by atoms with Crippen molar-refractivity contribution in [1.29, 1.82) is 0 Å². The van der Waals surface area contributed by atoms with Crippen LogP contribution in [0.25, 0.3) is 11.0 Å². The van der Waals surface area contributed by atoms with Crippen LogP contribution in [0, 0.1) is 0 Å². The molecule has 0 radical (unpaired) electrons. The Kier molecular flexibility index (Phi) is 3.44. The fourth-order valence-electron chi connectivity index (χ4n) is 2.01. The van der Waals surface area contributed by atoms with Crippen LogP contribution in [0.4, 0.5) is 0 Å². The molecule has 0 aliphatic heterocycles. The molecule has 0 bridgehead atoms. The maximum absolute atomic E-state index is 5.56. The Hall–Kier alpha value is -2.25. The number of fused-ring (bicyclic) bond motifs is 1. The third-order valence-corrected chi connectivity index (χ3v) is 3.02. The second kappa shape index (κ2) is 5.40. The smallest absolute Gasteiger partial charge is 0.257 e. The van der Waals surface area contributed by atoms with Crippen LogP contribution in [0.2, 0.25) is 0 Å². The van der Waals surface area contributed by atoms with Crippen molar-refractivity contribution in [3.8, 4) is 0 Å². The van der Waals surface area contributed by atoms with E-state index in [9.17, 15) is 0 Å². The highest BCUT2D eigenvalue weighted by atomic mass is 16.5. The number of nitrogens with zero attached hydrogens (tertiary/aromatic N) is 3. The summed E-state index contributed by atoms with van der Waals surface area (Å²) in [5, 5.41) is 3.92. The predicted octanol–water partition coefficient (Wildman–Crippen LogP) is 1.18. The zero-order chi connectivity index (χ0) is 13.9. The first-order valence-electron chi connectivity index (χ1n) is 6.29. The predicted molar refractivity (Wildman–Crippen MR) is 72.0 cm³/mol. The zero-order valence-electron chi connectivity index (χ0n) is 11.0. The molecule has 20 heavy (non-hydrogen) atoms. The Morgan fingerprint density at radius 2 is 2.20 bits per heavy atom. The van der Waals surface area contributed by atoms with E-state index in [1.165, 1.54) is 0 Å². The highest BCUT2D eigenvalue weighted by molar-refractivity contribution is 5.74. The Bertz CT molecular complexity index is 668. The molecule has 7 nitrogen and oxygen atoms in total. The summed E-state index contributed by atoms with van der Waals surface area (Å²) in [4.78, 5) is 12.0. The normalized spacial score (nSPS) is 12.9. The van der Waals surface area contributed by atoms with Crippen molar-refractivity contribution in [3.63, 3.8) is 0 Å². The molecule has 7 heteroatoms. The van der Waals surface area contributed by atoms with Crippen LogP contribution in [0.5, 0.6) is 0 Å². The monoisotopic (exact) mass is 273 g/mol. The quantitative estimate of drug-likeness (QED) is 0.723. The van der Waals surface area contributed by atoms with Crippen molar-refractivity contribution < 1.29 is 9.26 Å². The van der Waals surface area contributed by atoms with E-state index >= 15 is 0 Å². The van der Waals surface area contributed by atoms with Gasteiger partial charge in [-0.25, -0.2) is 4.98 Å². The van der Waals surface area contributed by atoms with E-state index in [1.54, 1.807) is 7.11 Å². The maximum atomic E-state index is 5.56. The van der Waals surface area contributed by atoms with E-state index in [2.05, 4.69) is 20.1 Å². The van der Waals surface area contributed by atoms with E-state index in [-0.39, 0.29) is 6.10 Å². The molecule has 0 amide bonds. The summed E-state index contributed by atoms with van der Waals surface area (Å²) < 4.78 is 10.3. The summed E-state index contributed by atoms with van der Waals surface area (Å²) in [5.41, 5.74) is 7.47. The molecule has 1 unspecified atom stereocenters. The fourth-order valence-corrected chi connectivity index (χ4v) is 2.01. The van der Waals surface area contributed by atoms with E-state index in [1.807, 2.05) is 24.3 Å². The van der Waals surface area contributed by atoms with Gasteiger partial charge in [-0.2, -0.15) is 4.98 Å². The zero-order valence-corrected chi connectivity index (χ0v) is 11.0. The first-order valence-corrected chi connectivity index (χ1v) is 6.29. The Morgan fingerprint density at radius 1 is 1.35 bits per heavy atom. The average molecular weight is 273 g/mol. The van der Waals surface area contributed by atoms with Crippen molar-refractivity contribution in [1.82, 2.24) is 20.1 Å². The first-order chi connectivity index (χ1) is 9.80. The van der Waals surface area contributed by atoms with Gasteiger partial charge in [0.1, 0.15) is 11.9 Å². The van der Waals surface area contributed by atoms with Crippen LogP contribution in [0.1, 0.15) is 23.6 Å². The highest BCUT2D eigenvalue weighted by Gasteiger charge is 2.17. The standard InChI is InChI=1S/C13H15N5O2/c1-19-10(7-14)13-17-12(18-20-13)6-11-15-8-4-2-3-5-9(8)16-11/h2-5,10H,6-7,14H2,1H3,(H,15,16). The minimum Gasteiger partial charge on any atom is -0.370 e. The molecule has 0 aliphatic carbocycles. The van der Waals surface area contributed by atoms with Gasteiger partial charge in [-0.3, -0.25) is 0 Å². The van der Waals surface area contributed by atoms with Crippen LogP contribution < -0.4 is 5.73 Å². The number of nitrogens with two attached hydrogens (primary N) is 1. The third-order valence-electron chi connectivity index (χ3n) is 3.02. The number of hydrogen-bond donors (Lipinski definition) is 2. The molecule has 3 N–H and O–H groups in total. The van der Waals surface area contributed by atoms with E-state index < -0.39 is 0 Å². The van der Waals surface area contributed by atoms with Crippen molar-refractivity contribution in [3.05, 3.63) is 41.8 Å². The van der Waals surface area contributed by atoms with Crippen LogP contribution in [0.15, 0.2) is 28.8 Å². The summed E-state index contributed by atoms with van der Waals surface area (Å²) in [5.74, 6) is 1.73. The number of nitrogens with one attached hydrogen (secondary N) is 1. The fraction of sp³-hybridized carbons (Fsp3) is 0.308. The number of hydrogen-bond acceptors (Lipinski definition) is 6. The van der Waals surface area contributed by atoms with Gasteiger partial charge in [-0.1, -0.05) is 17.3 Å². The number of rotatable bonds is 5. The second-order valence-electron chi connectivity index (χ2n) is 4.39. The summed E-state index contributed by atoms with van der Waals surface area (Å²) in [7, 11) is 1.56. The van der Waals surface area contributed by atoms with Crippen LogP contribution in [-0.4, -0.2) is 33.8 Å². The molecule has 0 saturated carbocycles. The summed E-state index contributed by atoms with van der Waals surface area (Å²) in [6.45, 7) is 0.294. The molecule has 2 heterocycles. The van der Waals surface area contributed by atoms with Gasteiger partial charge < -0.3 is 20.0 Å². The number of ether oxygens (including phenoxy) is 1. The first kappa shape index (κ1) is 12.8. The molecule has 3 rings (SSSR count). The molecule has 0 aliphatic rings. The highest BCUT2D eigenvalue weighted by Crippen LogP contribution is 2.15. The average Bonchev–Trinajstić information content (AvgIpc) is 3.07. The molecule has 2 aromatic heterocycles. The minimum absolute atomic E-state index is 0.294. The van der Waals surface area contributed by atoms with E-state index in [0.717, 1.165) is 16.9 Å². The SMILES string of the molecule is COC(CN)c1nc(Cc2nc3ccccc3[nH]2)no1. The van der Waals surface area contributed by atoms with Gasteiger partial charge in [0, 0.05) is 13.7 Å². The van der Waals surface area contributed by atoms with Gasteiger partial charge >= 0.3 is 0 Å². The summed E-state index contributed by atoms with van der Waals surface area (Å²) >= 11 is 0. The van der Waals surface area contributed by atoms with Gasteiger partial charge in [-0.05, 0) is 12.1 Å². The summed E-state index contributed by atoms with van der Waals surface area (Å²) in [6, 6.07) is 7.83. The lowest BCUT2D eigenvalue weighted by Gasteiger charge is -2.05. The van der Waals surface area contributed by atoms with Gasteiger partial charge in [-0.15, -0.1) is 0 Å². The second-order valence-corrected chi connectivity index (χ2v) is 4.39. The number of benzene rings is 1. The Balaban J connectivity index is 1.80. The summed E-state index contributed by atoms with van der Waals surface area (Å²) in [6.07, 6.45) is 0.103. The lowest BCUT2D eigenvalue weighted by Crippen LogP contribution is -2.14. The molecule has 3 aromatic rings. The molecule has 1 atom stereocenters. The lowest BCUT2D eigenvalue weighted by molar-refractivity contribution is 0.0804. The van der Waals surface area contributed by atoms with Crippen molar-refractivity contribution >= 4 is 11.0 Å². The van der Waals surface area contributed by atoms with Crippen molar-refractivity contribution in [2.75, 3.05) is 13.7 Å². The van der Waals surface area contributed by atoms with Gasteiger partial charge in [0.05, 0.1) is 17.5 Å². The van der Waals surface area contributed by atoms with Crippen LogP contribution >= 0.6 is 0 Å². The maximum Gasteiger partial charge on any atom is 0.257 e. The molecule has 0 spiro atoms. The molecule has 1 aromatic carbocycles. The lowest BCUT2D eigenvalue weighted by atomic mass is 10.3. The molecular weight excluding hydrogens is 258 g/mol. The van der Waals surface area contributed by atoms with Crippen LogP contribution in [-0.2, 0) is 11.2 Å². The topological polar surface area (TPSA) is 103 Å². The third kappa shape index (κ3) is 2.40. The molecule has 0 saturated heterocycles. The number of methoxy groups -OCH3 is 1. The molecule has 104 valence electrons. The number of aromatic amines is 1. The number of aromatic nitrogens is 4. The van der Waals surface area contributed by atoms with Gasteiger partial charge in [0.15, 0.2) is 5.82 Å². The molecular formula is C13H15N5O2. The van der Waals surface area contributed by atoms with E-state index in [0.29, 0.717) is 24.7 Å².